The van der Waals surface area contributed by atoms with Gasteiger partial charge in [-0.05, 0) is 58.6 Å². The molecule has 2 bridgehead atoms. The summed E-state index contributed by atoms with van der Waals surface area (Å²) in [5.41, 5.74) is -0.00838. The molecule has 1 N–H and O–H groups in total. The molecule has 0 aliphatic carbocycles. The van der Waals surface area contributed by atoms with E-state index in [4.69, 9.17) is 9.57 Å². The first-order chi connectivity index (χ1) is 13.2. The maximum absolute atomic E-state index is 12.1. The summed E-state index contributed by atoms with van der Waals surface area (Å²) in [7, 11) is 3.02. The molecule has 8 heteroatoms. The van der Waals surface area contributed by atoms with Gasteiger partial charge in [-0.1, -0.05) is 0 Å². The number of ether oxygens (including phenoxy) is 1. The molecule has 1 unspecified atom stereocenters. The Labute approximate surface area is 166 Å². The maximum Gasteiger partial charge on any atom is 0.407 e. The normalized spacial score (nSPS) is 24.0. The van der Waals surface area contributed by atoms with Crippen LogP contribution in [0, 0.1) is 0 Å². The molecule has 2 fully saturated rings. The fourth-order valence-electron chi connectivity index (χ4n) is 4.07. The number of carbonyl (C=O) groups is 2. The molecule has 28 heavy (non-hydrogen) atoms. The third-order valence-corrected chi connectivity index (χ3v) is 5.27. The van der Waals surface area contributed by atoms with Gasteiger partial charge < -0.3 is 15.0 Å². The minimum Gasteiger partial charge on any atom is -0.444 e. The fraction of sp³-hybridized carbons (Fsp3) is 0.650. The smallest absolute Gasteiger partial charge is 0.407 e. The Morgan fingerprint density at radius 2 is 1.86 bits per heavy atom. The monoisotopic (exact) mass is 390 g/mol. The van der Waals surface area contributed by atoms with Crippen LogP contribution in [0.2, 0.25) is 0 Å². The Bertz CT molecular complexity index is 702. The molecular weight excluding hydrogens is 360 g/mol. The van der Waals surface area contributed by atoms with Crippen molar-refractivity contribution in [1.82, 2.24) is 15.4 Å². The summed E-state index contributed by atoms with van der Waals surface area (Å²) in [6.07, 6.45) is 5.12. The first-order valence-corrected chi connectivity index (χ1v) is 9.74. The second kappa shape index (κ2) is 7.95. The van der Waals surface area contributed by atoms with Crippen LogP contribution in [0.3, 0.4) is 0 Å². The molecule has 2 aliphatic rings. The summed E-state index contributed by atoms with van der Waals surface area (Å²) in [5, 5.41) is 4.19. The third-order valence-electron chi connectivity index (χ3n) is 5.27. The van der Waals surface area contributed by atoms with Gasteiger partial charge in [0.05, 0.1) is 12.7 Å². The third kappa shape index (κ3) is 4.55. The molecule has 0 radical (unpaired) electrons. The van der Waals surface area contributed by atoms with Crippen molar-refractivity contribution in [2.45, 2.75) is 70.2 Å². The number of alkyl carbamates (subject to hydrolysis) is 1. The Kier molecular flexibility index (Phi) is 5.79. The molecule has 1 aromatic heterocycles. The second-order valence-electron chi connectivity index (χ2n) is 8.50. The topological polar surface area (TPSA) is 84.0 Å². The highest BCUT2D eigenvalue weighted by Crippen LogP contribution is 2.38. The van der Waals surface area contributed by atoms with Crippen molar-refractivity contribution in [3.63, 3.8) is 0 Å². The lowest BCUT2D eigenvalue weighted by Crippen LogP contribution is -2.51. The van der Waals surface area contributed by atoms with Gasteiger partial charge in [0.15, 0.2) is 0 Å². The van der Waals surface area contributed by atoms with Crippen molar-refractivity contribution in [2.75, 3.05) is 19.1 Å². The minimum atomic E-state index is -0.496. The van der Waals surface area contributed by atoms with Gasteiger partial charge in [-0.2, -0.15) is 0 Å². The zero-order valence-electron chi connectivity index (χ0n) is 17.3. The number of aromatic nitrogens is 1. The van der Waals surface area contributed by atoms with Gasteiger partial charge in [-0.3, -0.25) is 9.63 Å². The van der Waals surface area contributed by atoms with Gasteiger partial charge >= 0.3 is 6.09 Å². The van der Waals surface area contributed by atoms with Crippen LogP contribution in [0.25, 0.3) is 0 Å². The number of piperidine rings is 1. The van der Waals surface area contributed by atoms with Gasteiger partial charge in [0.2, 0.25) is 0 Å². The van der Waals surface area contributed by atoms with E-state index in [1.165, 1.54) is 12.2 Å². The van der Waals surface area contributed by atoms with E-state index in [9.17, 15) is 9.59 Å². The van der Waals surface area contributed by atoms with Gasteiger partial charge in [-0.25, -0.2) is 14.8 Å². The minimum absolute atomic E-state index is 0.111. The highest BCUT2D eigenvalue weighted by molar-refractivity contribution is 5.93. The summed E-state index contributed by atoms with van der Waals surface area (Å²) in [6.45, 7) is 5.59. The summed E-state index contributed by atoms with van der Waals surface area (Å²) in [5.74, 6) is 0.643. The highest BCUT2D eigenvalue weighted by atomic mass is 16.7. The van der Waals surface area contributed by atoms with Crippen molar-refractivity contribution < 1.29 is 19.2 Å². The number of nitrogens with one attached hydrogen (secondary N) is 1. The fourth-order valence-corrected chi connectivity index (χ4v) is 4.07. The summed E-state index contributed by atoms with van der Waals surface area (Å²) in [4.78, 5) is 36.0. The standard InChI is InChI=1S/C20H30N4O4/c1-20(2,3)28-19(26)22-14-10-15-7-8-16(11-14)24(15)17-9-6-13(12-21-17)18(25)23(4)27-5/h6,9,12,14-16H,7-8,10-11H2,1-5H3,(H,22,26)/t14?,15-,16+. The number of hydrogen-bond acceptors (Lipinski definition) is 6. The predicted octanol–water partition coefficient (Wildman–Crippen LogP) is 2.74. The highest BCUT2D eigenvalue weighted by Gasteiger charge is 2.42. The van der Waals surface area contributed by atoms with E-state index < -0.39 is 5.60 Å². The molecule has 2 saturated heterocycles. The zero-order chi connectivity index (χ0) is 20.5. The molecule has 2 amide bonds. The molecule has 3 atom stereocenters. The largest absolute Gasteiger partial charge is 0.444 e. The van der Waals surface area contributed by atoms with Crippen LogP contribution in [0.4, 0.5) is 10.6 Å². The number of fused-ring (bicyclic) bond motifs is 2. The lowest BCUT2D eigenvalue weighted by molar-refractivity contribution is -0.0757. The summed E-state index contributed by atoms with van der Waals surface area (Å²) < 4.78 is 5.38. The van der Waals surface area contributed by atoms with Crippen molar-refractivity contribution in [1.29, 1.82) is 0 Å². The SMILES string of the molecule is CON(C)C(=O)c1ccc(N2[C@@H]3CC[C@H]2CC(NC(=O)OC(C)(C)C)C3)nc1. The number of pyridine rings is 1. The number of hydrogen-bond donors (Lipinski definition) is 1. The Morgan fingerprint density at radius 3 is 2.36 bits per heavy atom. The molecule has 1 aromatic rings. The maximum atomic E-state index is 12.1. The molecule has 0 aromatic carbocycles. The molecule has 8 nitrogen and oxygen atoms in total. The van der Waals surface area contributed by atoms with Gasteiger partial charge in [-0.15, -0.1) is 0 Å². The van der Waals surface area contributed by atoms with Crippen LogP contribution < -0.4 is 10.2 Å². The molecule has 3 rings (SSSR count). The Balaban J connectivity index is 1.63. The first kappa shape index (κ1) is 20.4. The van der Waals surface area contributed by atoms with E-state index in [2.05, 4.69) is 15.2 Å². The molecule has 0 spiro atoms. The van der Waals surface area contributed by atoms with Gasteiger partial charge in [0.25, 0.3) is 5.91 Å². The summed E-state index contributed by atoms with van der Waals surface area (Å²) >= 11 is 0. The lowest BCUT2D eigenvalue weighted by Gasteiger charge is -2.40. The van der Waals surface area contributed by atoms with Crippen LogP contribution in [-0.2, 0) is 9.57 Å². The molecule has 2 aliphatic heterocycles. The van der Waals surface area contributed by atoms with Crippen molar-refractivity contribution in [3.05, 3.63) is 23.9 Å². The zero-order valence-corrected chi connectivity index (χ0v) is 17.3. The number of rotatable bonds is 4. The molecular formula is C20H30N4O4. The Hall–Kier alpha value is -2.35. The lowest BCUT2D eigenvalue weighted by atomic mass is 9.97. The molecule has 3 heterocycles. The summed E-state index contributed by atoms with van der Waals surface area (Å²) in [6, 6.07) is 4.44. The van der Waals surface area contributed by atoms with Crippen LogP contribution >= 0.6 is 0 Å². The van der Waals surface area contributed by atoms with Crippen molar-refractivity contribution in [3.8, 4) is 0 Å². The predicted molar refractivity (Wildman–Crippen MR) is 105 cm³/mol. The van der Waals surface area contributed by atoms with Crippen molar-refractivity contribution >= 4 is 17.8 Å². The van der Waals surface area contributed by atoms with E-state index in [1.54, 1.807) is 19.3 Å². The molecule has 0 saturated carbocycles. The molecule has 154 valence electrons. The van der Waals surface area contributed by atoms with Crippen LogP contribution in [0.15, 0.2) is 18.3 Å². The second-order valence-corrected chi connectivity index (χ2v) is 8.50. The van der Waals surface area contributed by atoms with E-state index in [1.807, 2.05) is 26.8 Å². The first-order valence-electron chi connectivity index (χ1n) is 9.74. The Morgan fingerprint density at radius 1 is 1.21 bits per heavy atom. The van der Waals surface area contributed by atoms with E-state index in [0.29, 0.717) is 17.6 Å². The van der Waals surface area contributed by atoms with E-state index in [-0.39, 0.29) is 18.0 Å². The van der Waals surface area contributed by atoms with Crippen LogP contribution in [-0.4, -0.2) is 59.9 Å². The van der Waals surface area contributed by atoms with Crippen LogP contribution in [0.1, 0.15) is 56.8 Å². The van der Waals surface area contributed by atoms with E-state index >= 15 is 0 Å². The average molecular weight is 390 g/mol. The van der Waals surface area contributed by atoms with E-state index in [0.717, 1.165) is 31.5 Å². The number of hydroxylamine groups is 2. The number of anilines is 1. The number of nitrogens with zero attached hydrogens (tertiary/aromatic N) is 3. The number of carbonyl (C=O) groups excluding carboxylic acids is 2. The van der Waals surface area contributed by atoms with Crippen LogP contribution in [0.5, 0.6) is 0 Å². The van der Waals surface area contributed by atoms with Gasteiger partial charge in [0, 0.05) is 31.4 Å². The van der Waals surface area contributed by atoms with Gasteiger partial charge in [0.1, 0.15) is 11.4 Å². The quantitative estimate of drug-likeness (QED) is 0.796. The average Bonchev–Trinajstić information content (AvgIpc) is 2.89. The van der Waals surface area contributed by atoms with Crippen molar-refractivity contribution in [2.24, 2.45) is 0 Å². The number of amides is 2.